The summed E-state index contributed by atoms with van der Waals surface area (Å²) in [7, 11) is 0. The lowest BCUT2D eigenvalue weighted by molar-refractivity contribution is -0.142. The summed E-state index contributed by atoms with van der Waals surface area (Å²) in [6, 6.07) is 35.4. The molecule has 1 aromatic heterocycles. The van der Waals surface area contributed by atoms with Crippen LogP contribution in [0.1, 0.15) is 66.0 Å². The fourth-order valence-electron chi connectivity index (χ4n) is 9.21. The lowest BCUT2D eigenvalue weighted by Crippen LogP contribution is -2.61. The van der Waals surface area contributed by atoms with Gasteiger partial charge in [-0.2, -0.15) is 0 Å². The summed E-state index contributed by atoms with van der Waals surface area (Å²) >= 11 is 0. The Morgan fingerprint density at radius 3 is 1.83 bits per heavy atom. The summed E-state index contributed by atoms with van der Waals surface area (Å²) in [4.78, 5) is 93.1. The van der Waals surface area contributed by atoms with Gasteiger partial charge in [0.05, 0.1) is 0 Å². The Balaban J connectivity index is 1.16. The first kappa shape index (κ1) is 48.7. The summed E-state index contributed by atoms with van der Waals surface area (Å²) in [5.41, 5.74) is 10.4. The van der Waals surface area contributed by atoms with Crippen LogP contribution in [0.5, 0.6) is 5.75 Å². The van der Waals surface area contributed by atoms with Crippen LogP contribution in [0.15, 0.2) is 146 Å². The highest BCUT2D eigenvalue weighted by Crippen LogP contribution is 2.24. The second-order valence-corrected chi connectivity index (χ2v) is 17.9. The molecule has 0 spiro atoms. The molecule has 0 saturated carbocycles. The van der Waals surface area contributed by atoms with Crippen LogP contribution in [0.3, 0.4) is 0 Å². The van der Waals surface area contributed by atoms with Crippen LogP contribution in [0.2, 0.25) is 0 Å². The molecule has 0 bridgehead atoms. The van der Waals surface area contributed by atoms with Crippen LogP contribution in [-0.2, 0) is 54.6 Å². The maximum Gasteiger partial charge on any atom is 0.247 e. The van der Waals surface area contributed by atoms with E-state index in [1.165, 1.54) is 4.90 Å². The van der Waals surface area contributed by atoms with E-state index < -0.39 is 71.7 Å². The van der Waals surface area contributed by atoms with E-state index in [0.717, 1.165) is 27.6 Å². The average Bonchev–Trinajstić information content (AvgIpc) is 4.05. The molecule has 6 atom stereocenters. The number of nitrogens with zero attached hydrogens (tertiary/aromatic N) is 1. The molecule has 0 radical (unpaired) electrons. The minimum Gasteiger partial charge on any atom is -0.489 e. The number of carbonyl (C=O) groups is 6. The SMILES string of the molecule is NCCCC[C@@H]1NC(=O)[C@@H](Cc2c[nH]c3ccccc23)NC(=O)[C@H](c2ccccc2)NC(=O)[C@@H]2CCCN2C(=O)[C@H](Cc2ccccc2)NC(=O)[C@H](Cc2ccc(OCc3ccccc3)cc2)NC1=O. The molecule has 15 nitrogen and oxygen atoms in total. The van der Waals surface area contributed by atoms with Crippen molar-refractivity contribution in [3.63, 3.8) is 0 Å². The van der Waals surface area contributed by atoms with Crippen molar-refractivity contribution in [2.24, 2.45) is 5.73 Å². The molecule has 2 fully saturated rings. The van der Waals surface area contributed by atoms with E-state index in [0.29, 0.717) is 55.7 Å². The van der Waals surface area contributed by atoms with E-state index in [1.54, 1.807) is 48.7 Å². The van der Waals surface area contributed by atoms with Gasteiger partial charge in [0.25, 0.3) is 0 Å². The maximum absolute atomic E-state index is 14.9. The summed E-state index contributed by atoms with van der Waals surface area (Å²) in [5.74, 6) is -3.00. The van der Waals surface area contributed by atoms with E-state index >= 15 is 0 Å². The second-order valence-electron chi connectivity index (χ2n) is 17.9. The highest BCUT2D eigenvalue weighted by atomic mass is 16.5. The molecule has 8 rings (SSSR count). The first-order valence-electron chi connectivity index (χ1n) is 24.1. The molecule has 6 aromatic rings. The number of fused-ring (bicyclic) bond motifs is 2. The zero-order valence-corrected chi connectivity index (χ0v) is 39.0. The van der Waals surface area contributed by atoms with Gasteiger partial charge in [-0.15, -0.1) is 0 Å². The Kier molecular flexibility index (Phi) is 16.3. The van der Waals surface area contributed by atoms with E-state index in [1.807, 2.05) is 97.1 Å². The molecule has 0 aliphatic carbocycles. The third-order valence-corrected chi connectivity index (χ3v) is 13.0. The molecule has 70 heavy (non-hydrogen) atoms. The molecule has 2 saturated heterocycles. The molecule has 362 valence electrons. The lowest BCUT2D eigenvalue weighted by atomic mass is 9.99. The third-order valence-electron chi connectivity index (χ3n) is 13.0. The number of carbonyl (C=O) groups excluding carboxylic acids is 6. The van der Waals surface area contributed by atoms with Gasteiger partial charge in [0.15, 0.2) is 0 Å². The number of benzene rings is 5. The minimum atomic E-state index is -1.27. The van der Waals surface area contributed by atoms with Crippen LogP contribution in [0.25, 0.3) is 10.9 Å². The Morgan fingerprint density at radius 1 is 0.543 bits per heavy atom. The normalized spacial score (nSPS) is 21.6. The predicted octanol–water partition coefficient (Wildman–Crippen LogP) is 4.71. The number of ether oxygens (including phenoxy) is 1. The van der Waals surface area contributed by atoms with E-state index in [2.05, 4.69) is 31.6 Å². The molecule has 8 N–H and O–H groups in total. The van der Waals surface area contributed by atoms with Gasteiger partial charge in [-0.05, 0) is 84.7 Å². The van der Waals surface area contributed by atoms with Gasteiger partial charge in [0.2, 0.25) is 35.4 Å². The molecule has 2 aliphatic heterocycles. The number of hydrogen-bond donors (Lipinski definition) is 7. The van der Waals surface area contributed by atoms with Crippen molar-refractivity contribution < 1.29 is 33.5 Å². The van der Waals surface area contributed by atoms with Gasteiger partial charge in [0.1, 0.15) is 48.6 Å². The number of unbranched alkanes of at least 4 members (excludes halogenated alkanes) is 1. The fourth-order valence-corrected chi connectivity index (χ4v) is 9.21. The van der Waals surface area contributed by atoms with Crippen LogP contribution in [0.4, 0.5) is 0 Å². The summed E-state index contributed by atoms with van der Waals surface area (Å²) < 4.78 is 6.02. The van der Waals surface area contributed by atoms with Gasteiger partial charge in [-0.25, -0.2) is 0 Å². The fraction of sp³-hybridized carbons (Fsp3) is 0.309. The number of aromatic nitrogens is 1. The van der Waals surface area contributed by atoms with Crippen molar-refractivity contribution in [2.75, 3.05) is 13.1 Å². The zero-order chi connectivity index (χ0) is 48.8. The summed E-state index contributed by atoms with van der Waals surface area (Å²) in [6.07, 6.45) is 3.90. The number of rotatable bonds is 14. The monoisotopic (exact) mass is 944 g/mol. The molecule has 5 aromatic carbocycles. The summed E-state index contributed by atoms with van der Waals surface area (Å²) in [6.45, 7) is 0.935. The van der Waals surface area contributed by atoms with Crippen LogP contribution >= 0.6 is 0 Å². The molecule has 2 aliphatic rings. The largest absolute Gasteiger partial charge is 0.489 e. The quantitative estimate of drug-likeness (QED) is 0.0758. The first-order chi connectivity index (χ1) is 34.1. The molecule has 0 unspecified atom stereocenters. The van der Waals surface area contributed by atoms with Crippen LogP contribution < -0.4 is 37.1 Å². The maximum atomic E-state index is 14.9. The van der Waals surface area contributed by atoms with Gasteiger partial charge in [-0.1, -0.05) is 121 Å². The average molecular weight is 945 g/mol. The predicted molar refractivity (Wildman–Crippen MR) is 266 cm³/mol. The van der Waals surface area contributed by atoms with Crippen molar-refractivity contribution >= 4 is 46.3 Å². The van der Waals surface area contributed by atoms with E-state index in [4.69, 9.17) is 10.5 Å². The lowest BCUT2D eigenvalue weighted by Gasteiger charge is -2.32. The van der Waals surface area contributed by atoms with Crippen molar-refractivity contribution in [1.29, 1.82) is 0 Å². The second kappa shape index (κ2) is 23.5. The Hall–Kier alpha value is -7.78. The molecular weight excluding hydrogens is 885 g/mol. The molecule has 3 heterocycles. The standard InChI is InChI=1S/C55H60N8O7/c56-29-13-12-23-44-50(64)59-45(31-37-25-27-41(28-26-37)70-35-38-17-6-2-7-18-38)51(65)61-47(32-36-15-4-1-5-16-36)55(69)63-30-14-24-48(63)53(67)62-49(39-19-8-3-9-20-39)54(68)60-46(52(66)58-44)33-40-34-57-43-22-11-10-21-42(40)43/h1-11,15-22,25-28,34,44-49,57H,12-14,23-24,29-33,35,56H2,(H,58,66)(H,59,64)(H,60,68)(H,61,65)(H,62,67)/t44-,45-,46+,47-,48-,49-/m0/s1. The van der Waals surface area contributed by atoms with E-state index in [9.17, 15) is 28.8 Å². The number of aromatic amines is 1. The first-order valence-corrected chi connectivity index (χ1v) is 24.1. The summed E-state index contributed by atoms with van der Waals surface area (Å²) in [5, 5.41) is 15.5. The van der Waals surface area contributed by atoms with Crippen molar-refractivity contribution in [3.05, 3.63) is 174 Å². The Morgan fingerprint density at radius 2 is 1.11 bits per heavy atom. The highest BCUT2D eigenvalue weighted by molar-refractivity contribution is 5.99. The molecule has 15 heteroatoms. The van der Waals surface area contributed by atoms with Gasteiger partial charge in [-0.3, -0.25) is 28.8 Å². The topological polar surface area (TPSA) is 217 Å². The van der Waals surface area contributed by atoms with Crippen LogP contribution in [-0.4, -0.2) is 88.6 Å². The Bertz CT molecular complexity index is 2730. The number of nitrogens with two attached hydrogens (primary N) is 1. The van der Waals surface area contributed by atoms with E-state index in [-0.39, 0.29) is 32.2 Å². The molecule has 6 amide bonds. The van der Waals surface area contributed by atoms with Crippen molar-refractivity contribution in [1.82, 2.24) is 36.5 Å². The smallest absolute Gasteiger partial charge is 0.247 e. The third kappa shape index (κ3) is 12.5. The van der Waals surface area contributed by atoms with Gasteiger partial charge >= 0.3 is 0 Å². The van der Waals surface area contributed by atoms with Crippen LogP contribution in [0, 0.1) is 0 Å². The molecular formula is C55H60N8O7. The Labute approximate surface area is 407 Å². The number of para-hydroxylation sites is 1. The number of H-pyrrole nitrogens is 1. The highest BCUT2D eigenvalue weighted by Gasteiger charge is 2.41. The van der Waals surface area contributed by atoms with Gasteiger partial charge < -0.3 is 46.9 Å². The van der Waals surface area contributed by atoms with Gasteiger partial charge in [0, 0.05) is 42.9 Å². The number of nitrogens with one attached hydrogen (secondary N) is 6. The van der Waals surface area contributed by atoms with Crippen molar-refractivity contribution in [3.8, 4) is 5.75 Å². The van der Waals surface area contributed by atoms with Crippen molar-refractivity contribution in [2.45, 2.75) is 94.2 Å². The number of amides is 6. The number of hydrogen-bond acceptors (Lipinski definition) is 8. The zero-order valence-electron chi connectivity index (χ0n) is 39.0. The minimum absolute atomic E-state index is 0.0150.